The normalized spacial score (nSPS) is 15.1. The smallest absolute Gasteiger partial charge is 0.191 e. The fourth-order valence-electron chi connectivity index (χ4n) is 3.29. The van der Waals surface area contributed by atoms with Crippen molar-refractivity contribution < 1.29 is 0 Å². The third kappa shape index (κ3) is 7.46. The molecule has 1 fully saturated rings. The van der Waals surface area contributed by atoms with E-state index in [1.54, 1.807) is 13.2 Å². The van der Waals surface area contributed by atoms with Gasteiger partial charge in [-0.05, 0) is 30.7 Å². The number of guanidine groups is 1. The van der Waals surface area contributed by atoms with Crippen LogP contribution < -0.4 is 15.5 Å². The van der Waals surface area contributed by atoms with E-state index >= 15 is 0 Å². The summed E-state index contributed by atoms with van der Waals surface area (Å²) in [5.41, 5.74) is 1.15. The Morgan fingerprint density at radius 1 is 1.17 bits per heavy atom. The lowest BCUT2D eigenvalue weighted by molar-refractivity contribution is 0.270. The molecular weight excluding hydrogens is 479 g/mol. The number of aliphatic imine (C=N–C) groups is 1. The van der Waals surface area contributed by atoms with Gasteiger partial charge in [-0.1, -0.05) is 13.0 Å². The van der Waals surface area contributed by atoms with E-state index in [0.29, 0.717) is 6.54 Å². The largest absolute Gasteiger partial charge is 0.356 e. The average molecular weight is 512 g/mol. The molecule has 29 heavy (non-hydrogen) atoms. The Hall–Kier alpha value is -1.88. The molecule has 1 saturated heterocycles. The van der Waals surface area contributed by atoms with Crippen LogP contribution in [-0.4, -0.2) is 71.9 Å². The molecule has 3 rings (SSSR count). The van der Waals surface area contributed by atoms with E-state index in [2.05, 4.69) is 54.6 Å². The number of rotatable bonds is 8. The molecule has 1 aliphatic heterocycles. The molecule has 2 N–H and O–H groups in total. The number of nitrogens with zero attached hydrogens (tertiary/aromatic N) is 6. The molecule has 0 bridgehead atoms. The summed E-state index contributed by atoms with van der Waals surface area (Å²) in [5, 5.41) is 10.9. The summed E-state index contributed by atoms with van der Waals surface area (Å²) in [7, 11) is 1.79. The summed E-state index contributed by atoms with van der Waals surface area (Å²) < 4.78 is 1.94. The summed E-state index contributed by atoms with van der Waals surface area (Å²) in [5.74, 6) is 1.88. The Bertz CT molecular complexity index is 709. The third-order valence-corrected chi connectivity index (χ3v) is 5.05. The van der Waals surface area contributed by atoms with Crippen molar-refractivity contribution in [1.82, 2.24) is 30.3 Å². The van der Waals surface area contributed by atoms with Crippen LogP contribution in [0.2, 0.25) is 0 Å². The highest BCUT2D eigenvalue weighted by atomic mass is 127. The van der Waals surface area contributed by atoms with E-state index < -0.39 is 0 Å². The number of nitrogens with one attached hydrogen (secondary N) is 2. The minimum atomic E-state index is 0. The van der Waals surface area contributed by atoms with E-state index in [-0.39, 0.29) is 24.0 Å². The molecule has 160 valence electrons. The Morgan fingerprint density at radius 2 is 2.00 bits per heavy atom. The van der Waals surface area contributed by atoms with E-state index in [9.17, 15) is 0 Å². The van der Waals surface area contributed by atoms with Crippen molar-refractivity contribution in [3.8, 4) is 0 Å². The monoisotopic (exact) mass is 512 g/mol. The first-order valence-corrected chi connectivity index (χ1v) is 10.1. The van der Waals surface area contributed by atoms with Gasteiger partial charge in [-0.3, -0.25) is 9.67 Å². The van der Waals surface area contributed by atoms with E-state index in [4.69, 9.17) is 0 Å². The quantitative estimate of drug-likeness (QED) is 0.243. The number of halogens is 1. The van der Waals surface area contributed by atoms with Crippen LogP contribution in [0.4, 0.5) is 5.82 Å². The molecule has 0 atom stereocenters. The van der Waals surface area contributed by atoms with Gasteiger partial charge in [-0.25, -0.2) is 4.98 Å². The third-order valence-electron chi connectivity index (χ3n) is 5.05. The van der Waals surface area contributed by atoms with Gasteiger partial charge in [0, 0.05) is 71.5 Å². The molecule has 0 aromatic carbocycles. The Balaban J connectivity index is 0.00000300. The molecule has 9 heteroatoms. The topological polar surface area (TPSA) is 73.6 Å². The molecule has 1 aliphatic rings. The molecule has 0 saturated carbocycles. The van der Waals surface area contributed by atoms with Gasteiger partial charge in [0.2, 0.25) is 0 Å². The van der Waals surface area contributed by atoms with Crippen molar-refractivity contribution in [3.05, 3.63) is 42.4 Å². The van der Waals surface area contributed by atoms with Crippen LogP contribution in [0.5, 0.6) is 0 Å². The molecule has 0 unspecified atom stereocenters. The zero-order chi connectivity index (χ0) is 19.6. The molecule has 0 radical (unpaired) electrons. The minimum Gasteiger partial charge on any atom is -0.356 e. The number of hydrogen-bond donors (Lipinski definition) is 2. The lowest BCUT2D eigenvalue weighted by atomic mass is 10.2. The van der Waals surface area contributed by atoms with Gasteiger partial charge >= 0.3 is 0 Å². The van der Waals surface area contributed by atoms with E-state index in [0.717, 1.165) is 69.6 Å². The maximum Gasteiger partial charge on any atom is 0.191 e. The summed E-state index contributed by atoms with van der Waals surface area (Å²) in [6.45, 7) is 10.1. The zero-order valence-electron chi connectivity index (χ0n) is 17.4. The van der Waals surface area contributed by atoms with Crippen LogP contribution >= 0.6 is 24.0 Å². The maximum absolute atomic E-state index is 4.66. The molecule has 0 aliphatic carbocycles. The average Bonchev–Trinajstić information content (AvgIpc) is 3.27. The van der Waals surface area contributed by atoms with Crippen LogP contribution in [0.15, 0.2) is 41.8 Å². The summed E-state index contributed by atoms with van der Waals surface area (Å²) in [6, 6.07) is 6.21. The minimum absolute atomic E-state index is 0. The number of piperazine rings is 1. The first-order chi connectivity index (χ1) is 13.8. The van der Waals surface area contributed by atoms with E-state index in [1.807, 2.05) is 23.1 Å². The Kier molecular flexibility index (Phi) is 10.2. The zero-order valence-corrected chi connectivity index (χ0v) is 19.7. The highest BCUT2D eigenvalue weighted by Crippen LogP contribution is 2.14. The second kappa shape index (κ2) is 12.6. The van der Waals surface area contributed by atoms with Crippen molar-refractivity contribution in [3.63, 3.8) is 0 Å². The van der Waals surface area contributed by atoms with E-state index in [1.165, 1.54) is 0 Å². The number of aryl methyl sites for hydroxylation is 1. The van der Waals surface area contributed by atoms with Crippen LogP contribution in [0.3, 0.4) is 0 Å². The van der Waals surface area contributed by atoms with Crippen molar-refractivity contribution in [2.45, 2.75) is 26.4 Å². The summed E-state index contributed by atoms with van der Waals surface area (Å²) in [4.78, 5) is 13.8. The van der Waals surface area contributed by atoms with Crippen LogP contribution in [0.25, 0.3) is 0 Å². The summed E-state index contributed by atoms with van der Waals surface area (Å²) in [6.07, 6.45) is 6.73. The molecular formula is C20H33IN8. The fourth-order valence-corrected chi connectivity index (χ4v) is 3.29. The predicted octanol–water partition coefficient (Wildman–Crippen LogP) is 1.79. The second-order valence-corrected chi connectivity index (χ2v) is 6.92. The van der Waals surface area contributed by atoms with Gasteiger partial charge < -0.3 is 20.4 Å². The highest BCUT2D eigenvalue weighted by Gasteiger charge is 2.16. The Labute approximate surface area is 190 Å². The molecule has 0 amide bonds. The highest BCUT2D eigenvalue weighted by molar-refractivity contribution is 14.0. The number of pyridine rings is 1. The van der Waals surface area contributed by atoms with Crippen LogP contribution in [0.1, 0.15) is 18.9 Å². The van der Waals surface area contributed by atoms with Crippen LogP contribution in [-0.2, 0) is 13.1 Å². The molecule has 2 aromatic rings. The first-order valence-electron chi connectivity index (χ1n) is 10.1. The van der Waals surface area contributed by atoms with Gasteiger partial charge in [-0.15, -0.1) is 24.0 Å². The Morgan fingerprint density at radius 3 is 2.62 bits per heavy atom. The van der Waals surface area contributed by atoms with Gasteiger partial charge in [-0.2, -0.15) is 5.10 Å². The molecule has 3 heterocycles. The molecule has 0 spiro atoms. The summed E-state index contributed by atoms with van der Waals surface area (Å²) >= 11 is 0. The standard InChI is InChI=1S/C20H32N8.HI/c1-3-26-12-14-27(15-13-26)19-7-6-18(16-23-19)17-24-20(21-2)22-8-4-10-28-11-5-9-25-28;/h5-7,9,11,16H,3-4,8,10,12-15,17H2,1-2H3,(H2,21,22,24);1H. The number of anilines is 1. The van der Waals surface area contributed by atoms with Crippen molar-refractivity contribution >= 4 is 35.8 Å². The number of hydrogen-bond acceptors (Lipinski definition) is 5. The molecule has 2 aromatic heterocycles. The van der Waals surface area contributed by atoms with Gasteiger partial charge in [0.25, 0.3) is 0 Å². The maximum atomic E-state index is 4.66. The van der Waals surface area contributed by atoms with Crippen molar-refractivity contribution in [1.29, 1.82) is 0 Å². The SMILES string of the molecule is CCN1CCN(c2ccc(CNC(=NC)NCCCn3cccn3)cn2)CC1.I. The van der Waals surface area contributed by atoms with Gasteiger partial charge in [0.1, 0.15) is 5.82 Å². The number of likely N-dealkylation sites (N-methyl/N-ethyl adjacent to an activating group) is 1. The van der Waals surface area contributed by atoms with Crippen molar-refractivity contribution in [2.24, 2.45) is 4.99 Å². The lowest BCUT2D eigenvalue weighted by Crippen LogP contribution is -2.46. The van der Waals surface area contributed by atoms with Gasteiger partial charge in [0.05, 0.1) is 0 Å². The predicted molar refractivity (Wildman–Crippen MR) is 129 cm³/mol. The second-order valence-electron chi connectivity index (χ2n) is 6.92. The lowest BCUT2D eigenvalue weighted by Gasteiger charge is -2.34. The fraction of sp³-hybridized carbons (Fsp3) is 0.550. The molecule has 8 nitrogen and oxygen atoms in total. The van der Waals surface area contributed by atoms with Crippen molar-refractivity contribution in [2.75, 3.05) is 51.2 Å². The van der Waals surface area contributed by atoms with Crippen LogP contribution in [0, 0.1) is 0 Å². The first kappa shape index (κ1) is 23.4. The number of aromatic nitrogens is 3. The van der Waals surface area contributed by atoms with Gasteiger partial charge in [0.15, 0.2) is 5.96 Å².